The fourth-order valence-corrected chi connectivity index (χ4v) is 5.81. The number of ether oxygens (including phenoxy) is 1. The molecule has 4 N–H and O–H groups in total. The number of anilines is 1. The number of quaternary nitrogens is 2. The number of hydrogen-bond acceptors (Lipinski definition) is 4. The first-order valence-corrected chi connectivity index (χ1v) is 11.0. The van der Waals surface area contributed by atoms with Gasteiger partial charge in [0.1, 0.15) is 28.9 Å². The lowest BCUT2D eigenvalue weighted by atomic mass is 9.81. The Labute approximate surface area is 182 Å². The van der Waals surface area contributed by atoms with E-state index in [-0.39, 0.29) is 17.0 Å². The number of carbonyl (C=O) groups excluding carboxylic acids is 1. The van der Waals surface area contributed by atoms with E-state index in [9.17, 15) is 10.1 Å². The smallest absolute Gasteiger partial charge is 0.280 e. The molecule has 0 aliphatic carbocycles. The van der Waals surface area contributed by atoms with Crippen molar-refractivity contribution in [1.82, 2.24) is 0 Å². The molecule has 1 aliphatic heterocycles. The van der Waals surface area contributed by atoms with E-state index in [1.165, 1.54) is 4.88 Å². The third kappa shape index (κ3) is 4.84. The van der Waals surface area contributed by atoms with Crippen LogP contribution in [0.1, 0.15) is 49.3 Å². The molecule has 1 atom stereocenters. The fourth-order valence-electron chi connectivity index (χ4n) is 4.55. The summed E-state index contributed by atoms with van der Waals surface area (Å²) < 4.78 is 5.27. The van der Waals surface area contributed by atoms with Gasteiger partial charge in [0.2, 0.25) is 0 Å². The zero-order valence-electron chi connectivity index (χ0n) is 18.7. The molecule has 160 valence electrons. The van der Waals surface area contributed by atoms with Crippen molar-refractivity contribution in [2.75, 3.05) is 26.0 Å². The van der Waals surface area contributed by atoms with Crippen LogP contribution in [0, 0.1) is 11.3 Å². The number of nitrogens with two attached hydrogens (primary N) is 1. The van der Waals surface area contributed by atoms with Crippen molar-refractivity contribution in [2.24, 2.45) is 0 Å². The van der Waals surface area contributed by atoms with Gasteiger partial charge in [-0.05, 0) is 45.4 Å². The maximum Gasteiger partial charge on any atom is 0.280 e. The van der Waals surface area contributed by atoms with Gasteiger partial charge in [0.25, 0.3) is 5.91 Å². The average Bonchev–Trinajstić information content (AvgIpc) is 2.97. The average molecular weight is 429 g/mol. The molecule has 1 aromatic heterocycles. The van der Waals surface area contributed by atoms with Crippen LogP contribution < -0.4 is 20.3 Å². The molecule has 2 heterocycles. The van der Waals surface area contributed by atoms with Crippen LogP contribution in [-0.2, 0) is 23.3 Å². The van der Waals surface area contributed by atoms with Crippen LogP contribution in [0.2, 0.25) is 0 Å². The number of nitriles is 1. The van der Waals surface area contributed by atoms with Crippen LogP contribution in [0.4, 0.5) is 5.00 Å². The Morgan fingerprint density at radius 2 is 2.10 bits per heavy atom. The third-order valence-corrected chi connectivity index (χ3v) is 6.93. The van der Waals surface area contributed by atoms with Gasteiger partial charge in [0, 0.05) is 12.0 Å². The number of hydrogen-bond donors (Lipinski definition) is 3. The topological polar surface area (TPSA) is 83.2 Å². The highest BCUT2D eigenvalue weighted by Gasteiger charge is 2.44. The number of methoxy groups -OCH3 is 1. The summed E-state index contributed by atoms with van der Waals surface area (Å²) in [6, 6.07) is 10.2. The number of thiophene rings is 1. The van der Waals surface area contributed by atoms with Gasteiger partial charge < -0.3 is 20.3 Å². The Balaban J connectivity index is 1.73. The highest BCUT2D eigenvalue weighted by molar-refractivity contribution is 7.16. The number of nitrogens with one attached hydrogen (secondary N) is 2. The van der Waals surface area contributed by atoms with Crippen molar-refractivity contribution in [3.63, 3.8) is 0 Å². The van der Waals surface area contributed by atoms with Crippen LogP contribution >= 0.6 is 11.3 Å². The van der Waals surface area contributed by atoms with Crippen LogP contribution in [0.5, 0.6) is 5.75 Å². The summed E-state index contributed by atoms with van der Waals surface area (Å²) >= 11 is 1.55. The predicted molar refractivity (Wildman–Crippen MR) is 119 cm³/mol. The molecule has 1 unspecified atom stereocenters. The molecule has 6 nitrogen and oxygen atoms in total. The monoisotopic (exact) mass is 428 g/mol. The Kier molecular flexibility index (Phi) is 6.23. The minimum absolute atomic E-state index is 0.0194. The van der Waals surface area contributed by atoms with Crippen LogP contribution in [0.15, 0.2) is 24.3 Å². The van der Waals surface area contributed by atoms with Gasteiger partial charge in [0.15, 0.2) is 6.54 Å². The lowest BCUT2D eigenvalue weighted by Crippen LogP contribution is -3.08. The van der Waals surface area contributed by atoms with E-state index in [1.54, 1.807) is 18.4 Å². The van der Waals surface area contributed by atoms with Crippen molar-refractivity contribution in [3.8, 4) is 11.8 Å². The zero-order chi connectivity index (χ0) is 22.1. The summed E-state index contributed by atoms with van der Waals surface area (Å²) in [6.45, 7) is 9.81. The van der Waals surface area contributed by atoms with Crippen LogP contribution in [-0.4, -0.2) is 32.1 Å². The predicted octanol–water partition coefficient (Wildman–Crippen LogP) is 1.41. The highest BCUT2D eigenvalue weighted by atomic mass is 32.1. The molecule has 0 saturated carbocycles. The molecule has 0 saturated heterocycles. The maximum absolute atomic E-state index is 12.7. The second-order valence-corrected chi connectivity index (χ2v) is 10.5. The Hall–Kier alpha value is -2.40. The van der Waals surface area contributed by atoms with E-state index in [0.717, 1.165) is 28.2 Å². The molecular weight excluding hydrogens is 396 g/mol. The fraction of sp³-hybridized carbons (Fsp3) is 0.478. The quantitative estimate of drug-likeness (QED) is 0.651. The van der Waals surface area contributed by atoms with Crippen molar-refractivity contribution in [3.05, 3.63) is 45.8 Å². The summed E-state index contributed by atoms with van der Waals surface area (Å²) in [7, 11) is 3.64. The second-order valence-electron chi connectivity index (χ2n) is 9.47. The molecule has 7 heteroatoms. The minimum Gasteiger partial charge on any atom is -0.497 e. The molecular formula is C23H32N4O2S+2. The number of fused-ring (bicyclic) bond motifs is 1. The van der Waals surface area contributed by atoms with Gasteiger partial charge in [-0.3, -0.25) is 4.79 Å². The van der Waals surface area contributed by atoms with Gasteiger partial charge in [-0.15, -0.1) is 11.3 Å². The van der Waals surface area contributed by atoms with E-state index in [0.29, 0.717) is 23.7 Å². The largest absolute Gasteiger partial charge is 0.497 e. The molecule has 0 spiro atoms. The van der Waals surface area contributed by atoms with Crippen LogP contribution in [0.25, 0.3) is 0 Å². The van der Waals surface area contributed by atoms with Gasteiger partial charge in [-0.2, -0.15) is 5.26 Å². The summed E-state index contributed by atoms with van der Waals surface area (Å²) in [5.41, 5.74) is 2.73. The first kappa shape index (κ1) is 22.3. The second kappa shape index (κ2) is 8.38. The Bertz CT molecular complexity index is 988. The lowest BCUT2D eigenvalue weighted by molar-refractivity contribution is -0.885. The molecule has 1 aromatic carbocycles. The van der Waals surface area contributed by atoms with Crippen molar-refractivity contribution in [2.45, 2.75) is 51.7 Å². The number of nitrogens with zero attached hydrogens (tertiary/aromatic N) is 1. The number of carbonyl (C=O) groups is 1. The van der Waals surface area contributed by atoms with E-state index >= 15 is 0 Å². The number of rotatable bonds is 6. The number of benzene rings is 1. The summed E-state index contributed by atoms with van der Waals surface area (Å²) in [4.78, 5) is 15.0. The number of amides is 1. The molecule has 1 aliphatic rings. The van der Waals surface area contributed by atoms with E-state index < -0.39 is 0 Å². The summed E-state index contributed by atoms with van der Waals surface area (Å²) in [5.74, 6) is 0.737. The zero-order valence-corrected chi connectivity index (χ0v) is 19.5. The molecule has 1 amide bonds. The summed E-state index contributed by atoms with van der Waals surface area (Å²) in [5, 5.41) is 15.9. The van der Waals surface area contributed by atoms with Gasteiger partial charge in [-0.1, -0.05) is 12.1 Å². The molecule has 0 fully saturated rings. The first-order chi connectivity index (χ1) is 14.0. The van der Waals surface area contributed by atoms with Crippen LogP contribution in [0.3, 0.4) is 0 Å². The van der Waals surface area contributed by atoms with Crippen molar-refractivity contribution in [1.29, 1.82) is 5.26 Å². The molecule has 0 radical (unpaired) electrons. The van der Waals surface area contributed by atoms with E-state index in [4.69, 9.17) is 4.74 Å². The molecule has 3 rings (SSSR count). The number of likely N-dealkylation sites (N-methyl/N-ethyl adjacent to an activating group) is 1. The Morgan fingerprint density at radius 3 is 2.77 bits per heavy atom. The lowest BCUT2D eigenvalue weighted by Gasteiger charge is -2.38. The first-order valence-electron chi connectivity index (χ1n) is 10.2. The van der Waals surface area contributed by atoms with Gasteiger partial charge in [-0.25, -0.2) is 0 Å². The normalized spacial score (nSPS) is 17.5. The molecule has 30 heavy (non-hydrogen) atoms. The summed E-state index contributed by atoms with van der Waals surface area (Å²) in [6.07, 6.45) is 0.821. The standard InChI is InChI=1S/C23H30N4O2S/c1-22(2)11-17-18(12-24)21(30-20(17)23(3,4)26-22)25-19(28)14-27(5)13-15-8-7-9-16(10-15)29-6/h7-10,26H,11,13-14H2,1-6H3,(H,25,28)/p+2. The highest BCUT2D eigenvalue weighted by Crippen LogP contribution is 2.41. The Morgan fingerprint density at radius 1 is 1.37 bits per heavy atom. The van der Waals surface area contributed by atoms with E-state index in [2.05, 4.69) is 44.4 Å². The van der Waals surface area contributed by atoms with Crippen molar-refractivity contribution >= 4 is 22.2 Å². The molecule has 2 aromatic rings. The van der Waals surface area contributed by atoms with Gasteiger partial charge in [0.05, 0.1) is 30.1 Å². The maximum atomic E-state index is 12.7. The van der Waals surface area contributed by atoms with Crippen molar-refractivity contribution < 1.29 is 19.7 Å². The molecule has 0 bridgehead atoms. The third-order valence-electron chi connectivity index (χ3n) is 5.44. The minimum atomic E-state index is -0.120. The van der Waals surface area contributed by atoms with E-state index in [1.807, 2.05) is 31.3 Å². The van der Waals surface area contributed by atoms with Gasteiger partial charge >= 0.3 is 0 Å². The SMILES string of the molecule is COc1cccc(C[NH+](C)CC(=O)Nc2sc3c(c2C#N)CC(C)(C)[NH2+]C3(C)C)c1.